The van der Waals surface area contributed by atoms with Gasteiger partial charge in [-0.25, -0.2) is 0 Å². The maximum absolute atomic E-state index is 3.73. The van der Waals surface area contributed by atoms with E-state index in [0.717, 1.165) is 11.4 Å². The molecular formula is C32H27NS. The van der Waals surface area contributed by atoms with E-state index in [1.807, 2.05) is 11.3 Å². The number of hydrogen-bond acceptors (Lipinski definition) is 2. The zero-order valence-electron chi connectivity index (χ0n) is 20.0. The smallest absolute Gasteiger partial charge is 0.0387 e. The fraction of sp³-hybridized carbons (Fsp3) is 0.188. The van der Waals surface area contributed by atoms with Gasteiger partial charge in [0.2, 0.25) is 0 Å². The van der Waals surface area contributed by atoms with Crippen LogP contribution >= 0.6 is 11.3 Å². The van der Waals surface area contributed by atoms with Gasteiger partial charge < -0.3 is 5.32 Å². The lowest BCUT2D eigenvalue weighted by Gasteiger charge is -2.23. The Bertz CT molecular complexity index is 1630. The van der Waals surface area contributed by atoms with Crippen molar-refractivity contribution in [2.75, 3.05) is 5.32 Å². The molecule has 7 rings (SSSR count). The molecule has 4 aromatic carbocycles. The van der Waals surface area contributed by atoms with E-state index in [4.69, 9.17) is 0 Å². The van der Waals surface area contributed by atoms with Crippen molar-refractivity contribution in [3.05, 3.63) is 106 Å². The van der Waals surface area contributed by atoms with Crippen LogP contribution in [0.3, 0.4) is 0 Å². The van der Waals surface area contributed by atoms with Gasteiger partial charge in [0.1, 0.15) is 0 Å². The first-order chi connectivity index (χ1) is 16.4. The van der Waals surface area contributed by atoms with Gasteiger partial charge >= 0.3 is 0 Å². The summed E-state index contributed by atoms with van der Waals surface area (Å²) in [7, 11) is 0. The van der Waals surface area contributed by atoms with E-state index in [-0.39, 0.29) is 10.8 Å². The molecule has 1 aromatic heterocycles. The van der Waals surface area contributed by atoms with Gasteiger partial charge in [0.25, 0.3) is 0 Å². The molecule has 1 N–H and O–H groups in total. The molecule has 0 fully saturated rings. The standard InChI is InChI=1S/C32H27NS/c1-31(2)25-11-7-5-9-21(25)22-15-13-19(17-26(22)31)33-20-14-16-23-27(18-20)32(3,4)30-29(23)24-10-6-8-12-28(24)34-30/h5-18,33H,1-4H3. The number of benzene rings is 4. The van der Waals surface area contributed by atoms with Crippen LogP contribution < -0.4 is 5.32 Å². The van der Waals surface area contributed by atoms with Crippen LogP contribution in [0.25, 0.3) is 32.3 Å². The number of thiophene rings is 1. The minimum Gasteiger partial charge on any atom is -0.356 e. The Labute approximate surface area is 205 Å². The highest BCUT2D eigenvalue weighted by atomic mass is 32.1. The maximum atomic E-state index is 3.73. The van der Waals surface area contributed by atoms with E-state index >= 15 is 0 Å². The highest BCUT2D eigenvalue weighted by molar-refractivity contribution is 7.20. The third-order valence-corrected chi connectivity index (χ3v) is 9.49. The van der Waals surface area contributed by atoms with Crippen molar-refractivity contribution in [1.82, 2.24) is 0 Å². The molecule has 0 saturated heterocycles. The summed E-state index contributed by atoms with van der Waals surface area (Å²) in [6.45, 7) is 9.40. The minimum absolute atomic E-state index is 0.00755. The first-order valence-corrected chi connectivity index (χ1v) is 12.9. The molecule has 34 heavy (non-hydrogen) atoms. The van der Waals surface area contributed by atoms with Crippen molar-refractivity contribution < 1.29 is 0 Å². The minimum atomic E-state index is 0.00755. The molecule has 2 aliphatic rings. The molecule has 5 aromatic rings. The van der Waals surface area contributed by atoms with E-state index in [2.05, 4.69) is 118 Å². The van der Waals surface area contributed by atoms with Crippen molar-refractivity contribution in [3.63, 3.8) is 0 Å². The number of nitrogens with one attached hydrogen (secondary N) is 1. The van der Waals surface area contributed by atoms with Crippen molar-refractivity contribution in [1.29, 1.82) is 0 Å². The molecule has 166 valence electrons. The van der Waals surface area contributed by atoms with Crippen molar-refractivity contribution in [3.8, 4) is 22.3 Å². The largest absolute Gasteiger partial charge is 0.356 e. The lowest BCUT2D eigenvalue weighted by atomic mass is 9.82. The molecule has 0 unspecified atom stereocenters. The second-order valence-corrected chi connectivity index (χ2v) is 11.8. The Morgan fingerprint density at radius 2 is 1.21 bits per heavy atom. The monoisotopic (exact) mass is 457 g/mol. The summed E-state index contributed by atoms with van der Waals surface area (Å²) in [6.07, 6.45) is 0. The predicted molar refractivity (Wildman–Crippen MR) is 147 cm³/mol. The first kappa shape index (κ1) is 20.1. The zero-order valence-corrected chi connectivity index (χ0v) is 20.8. The first-order valence-electron chi connectivity index (χ1n) is 12.0. The summed E-state index contributed by atoms with van der Waals surface area (Å²) < 4.78 is 1.38. The van der Waals surface area contributed by atoms with E-state index in [9.17, 15) is 0 Å². The highest BCUT2D eigenvalue weighted by Crippen LogP contribution is 2.56. The van der Waals surface area contributed by atoms with Crippen LogP contribution in [0.5, 0.6) is 0 Å². The van der Waals surface area contributed by atoms with Crippen LogP contribution in [-0.4, -0.2) is 0 Å². The Balaban J connectivity index is 1.29. The SMILES string of the molecule is CC1(C)c2ccccc2-c2ccc(Nc3ccc4c(c3)C(C)(C)c3sc5ccccc5c3-4)cc21. The third-order valence-electron chi connectivity index (χ3n) is 8.00. The molecule has 0 atom stereocenters. The second kappa shape index (κ2) is 6.61. The third kappa shape index (κ3) is 2.55. The normalized spacial score (nSPS) is 16.1. The Kier molecular flexibility index (Phi) is 3.90. The fourth-order valence-corrected chi connectivity index (χ4v) is 7.51. The summed E-state index contributed by atoms with van der Waals surface area (Å²) in [5.41, 5.74) is 12.1. The molecule has 1 nitrogen and oxygen atoms in total. The summed E-state index contributed by atoms with van der Waals surface area (Å²) in [5, 5.41) is 5.11. The maximum Gasteiger partial charge on any atom is 0.0387 e. The molecule has 0 radical (unpaired) electrons. The molecule has 0 bridgehead atoms. The Morgan fingerprint density at radius 1 is 0.588 bits per heavy atom. The molecule has 2 aliphatic carbocycles. The van der Waals surface area contributed by atoms with Crippen LogP contribution in [0.2, 0.25) is 0 Å². The van der Waals surface area contributed by atoms with E-state index in [1.54, 1.807) is 0 Å². The Morgan fingerprint density at radius 3 is 2.00 bits per heavy atom. The lowest BCUT2D eigenvalue weighted by Crippen LogP contribution is -2.15. The van der Waals surface area contributed by atoms with Gasteiger partial charge in [0.05, 0.1) is 0 Å². The van der Waals surface area contributed by atoms with Crippen LogP contribution in [0.15, 0.2) is 84.9 Å². The number of anilines is 2. The van der Waals surface area contributed by atoms with E-state index in [1.165, 1.54) is 53.9 Å². The predicted octanol–water partition coefficient (Wildman–Crippen LogP) is 9.26. The van der Waals surface area contributed by atoms with Crippen molar-refractivity contribution >= 4 is 32.8 Å². The van der Waals surface area contributed by atoms with Gasteiger partial charge in [0.15, 0.2) is 0 Å². The van der Waals surface area contributed by atoms with E-state index < -0.39 is 0 Å². The van der Waals surface area contributed by atoms with Gasteiger partial charge in [-0.1, -0.05) is 82.3 Å². The molecular weight excluding hydrogens is 430 g/mol. The molecule has 2 heteroatoms. The van der Waals surface area contributed by atoms with Gasteiger partial charge in [-0.05, 0) is 63.7 Å². The lowest BCUT2D eigenvalue weighted by molar-refractivity contribution is 0.660. The number of fused-ring (bicyclic) bond motifs is 8. The van der Waals surface area contributed by atoms with Gasteiger partial charge in [-0.3, -0.25) is 0 Å². The van der Waals surface area contributed by atoms with Crippen molar-refractivity contribution in [2.24, 2.45) is 0 Å². The average Bonchev–Trinajstić information content (AvgIpc) is 3.41. The summed E-state index contributed by atoms with van der Waals surface area (Å²) in [6, 6.07) is 31.4. The zero-order chi connectivity index (χ0) is 23.2. The van der Waals surface area contributed by atoms with Crippen molar-refractivity contribution in [2.45, 2.75) is 38.5 Å². The van der Waals surface area contributed by atoms with Gasteiger partial charge in [0, 0.05) is 42.7 Å². The van der Waals surface area contributed by atoms with Crippen LogP contribution in [0, 0.1) is 0 Å². The Hall–Kier alpha value is -3.36. The fourth-order valence-electron chi connectivity index (χ4n) is 6.18. The quantitative estimate of drug-likeness (QED) is 0.278. The van der Waals surface area contributed by atoms with Crippen LogP contribution in [-0.2, 0) is 10.8 Å². The second-order valence-electron chi connectivity index (χ2n) is 10.7. The van der Waals surface area contributed by atoms with Gasteiger partial charge in [-0.2, -0.15) is 0 Å². The molecule has 0 aliphatic heterocycles. The topological polar surface area (TPSA) is 12.0 Å². The molecule has 0 amide bonds. The molecule has 0 spiro atoms. The number of hydrogen-bond donors (Lipinski definition) is 1. The molecule has 0 saturated carbocycles. The summed E-state index contributed by atoms with van der Waals surface area (Å²) >= 11 is 1.95. The van der Waals surface area contributed by atoms with Crippen LogP contribution in [0.4, 0.5) is 11.4 Å². The van der Waals surface area contributed by atoms with E-state index in [0.29, 0.717) is 0 Å². The number of rotatable bonds is 2. The van der Waals surface area contributed by atoms with Gasteiger partial charge in [-0.15, -0.1) is 11.3 Å². The van der Waals surface area contributed by atoms with Crippen LogP contribution in [0.1, 0.15) is 49.3 Å². The molecule has 1 heterocycles. The average molecular weight is 458 g/mol. The summed E-state index contributed by atoms with van der Waals surface area (Å²) in [4.78, 5) is 1.48. The summed E-state index contributed by atoms with van der Waals surface area (Å²) in [5.74, 6) is 0. The highest BCUT2D eigenvalue weighted by Gasteiger charge is 2.39.